The Morgan fingerprint density at radius 3 is 2.89 bits per heavy atom. The van der Waals surface area contributed by atoms with Crippen molar-refractivity contribution in [2.75, 3.05) is 6.54 Å². The number of hydrogen-bond acceptors (Lipinski definition) is 4. The van der Waals surface area contributed by atoms with Gasteiger partial charge in [-0.15, -0.1) is 11.3 Å². The van der Waals surface area contributed by atoms with Crippen molar-refractivity contribution in [2.24, 2.45) is 0 Å². The number of carbonyl (C=O) groups excluding carboxylic acids is 1. The highest BCUT2D eigenvalue weighted by Crippen LogP contribution is 2.15. The zero-order valence-electron chi connectivity index (χ0n) is 10.6. The molecule has 0 aromatic carbocycles. The van der Waals surface area contributed by atoms with E-state index in [0.29, 0.717) is 12.3 Å². The number of thiophene rings is 1. The SMILES string of the molecule is Cc1ccc(C(O)CNC(=O)NCc2cccs2)o1. The van der Waals surface area contributed by atoms with E-state index in [2.05, 4.69) is 10.6 Å². The normalized spacial score (nSPS) is 12.1. The van der Waals surface area contributed by atoms with Crippen molar-refractivity contribution in [1.29, 1.82) is 0 Å². The van der Waals surface area contributed by atoms with Crippen LogP contribution in [0.1, 0.15) is 22.5 Å². The third-order valence-electron chi connectivity index (χ3n) is 2.55. The molecule has 0 saturated carbocycles. The van der Waals surface area contributed by atoms with Crippen molar-refractivity contribution >= 4 is 17.4 Å². The van der Waals surface area contributed by atoms with Gasteiger partial charge in [0.05, 0.1) is 13.1 Å². The number of rotatable bonds is 5. The van der Waals surface area contributed by atoms with Crippen LogP contribution >= 0.6 is 11.3 Å². The first-order valence-electron chi connectivity index (χ1n) is 5.93. The lowest BCUT2D eigenvalue weighted by Gasteiger charge is -2.10. The molecule has 19 heavy (non-hydrogen) atoms. The molecule has 6 heteroatoms. The van der Waals surface area contributed by atoms with Crippen molar-refractivity contribution in [2.45, 2.75) is 19.6 Å². The molecule has 2 rings (SSSR count). The topological polar surface area (TPSA) is 74.5 Å². The predicted octanol–water partition coefficient (Wildman–Crippen LogP) is 2.18. The minimum atomic E-state index is -0.832. The maximum atomic E-state index is 11.5. The molecule has 0 spiro atoms. The van der Waals surface area contributed by atoms with E-state index in [-0.39, 0.29) is 12.6 Å². The van der Waals surface area contributed by atoms with E-state index in [1.54, 1.807) is 30.4 Å². The molecule has 0 aliphatic heterocycles. The summed E-state index contributed by atoms with van der Waals surface area (Å²) in [5, 5.41) is 17.1. The number of aryl methyl sites for hydroxylation is 1. The quantitative estimate of drug-likeness (QED) is 0.786. The number of furan rings is 1. The molecular weight excluding hydrogens is 264 g/mol. The van der Waals surface area contributed by atoms with Crippen LogP contribution in [0.3, 0.4) is 0 Å². The Balaban J connectivity index is 1.71. The molecule has 5 nitrogen and oxygen atoms in total. The molecule has 0 aliphatic rings. The van der Waals surface area contributed by atoms with Crippen molar-refractivity contribution in [3.05, 3.63) is 46.0 Å². The molecule has 0 aliphatic carbocycles. The molecule has 2 heterocycles. The fourth-order valence-corrected chi connectivity index (χ4v) is 2.21. The van der Waals surface area contributed by atoms with E-state index in [4.69, 9.17) is 4.42 Å². The smallest absolute Gasteiger partial charge is 0.315 e. The van der Waals surface area contributed by atoms with Gasteiger partial charge in [-0.1, -0.05) is 6.07 Å². The molecule has 0 radical (unpaired) electrons. The second-order valence-corrected chi connectivity index (χ2v) is 5.14. The molecule has 3 N–H and O–H groups in total. The second-order valence-electron chi connectivity index (χ2n) is 4.11. The fraction of sp³-hybridized carbons (Fsp3) is 0.308. The van der Waals surface area contributed by atoms with Gasteiger partial charge in [0.1, 0.15) is 17.6 Å². The highest BCUT2D eigenvalue weighted by molar-refractivity contribution is 7.09. The van der Waals surface area contributed by atoms with Crippen molar-refractivity contribution < 1.29 is 14.3 Å². The van der Waals surface area contributed by atoms with Crippen LogP contribution in [0.5, 0.6) is 0 Å². The summed E-state index contributed by atoms with van der Waals surface area (Å²) < 4.78 is 5.28. The lowest BCUT2D eigenvalue weighted by atomic mass is 10.3. The van der Waals surface area contributed by atoms with Gasteiger partial charge >= 0.3 is 6.03 Å². The first kappa shape index (κ1) is 13.6. The summed E-state index contributed by atoms with van der Waals surface area (Å²) in [7, 11) is 0. The van der Waals surface area contributed by atoms with Gasteiger partial charge in [-0.05, 0) is 30.5 Å². The monoisotopic (exact) mass is 280 g/mol. The molecule has 0 bridgehead atoms. The number of amides is 2. The maximum absolute atomic E-state index is 11.5. The van der Waals surface area contributed by atoms with Gasteiger partial charge in [-0.25, -0.2) is 4.79 Å². The number of carbonyl (C=O) groups is 1. The standard InChI is InChI=1S/C13H16N2O3S/c1-9-4-5-12(18-9)11(16)8-15-13(17)14-7-10-3-2-6-19-10/h2-6,11,16H,7-8H2,1H3,(H2,14,15,17). The summed E-state index contributed by atoms with van der Waals surface area (Å²) >= 11 is 1.58. The highest BCUT2D eigenvalue weighted by Gasteiger charge is 2.12. The zero-order valence-corrected chi connectivity index (χ0v) is 11.4. The van der Waals surface area contributed by atoms with Crippen LogP contribution in [0.15, 0.2) is 34.1 Å². The van der Waals surface area contributed by atoms with Crippen LogP contribution in [0.2, 0.25) is 0 Å². The van der Waals surface area contributed by atoms with E-state index in [1.165, 1.54) is 0 Å². The van der Waals surface area contributed by atoms with Crippen molar-refractivity contribution in [3.8, 4) is 0 Å². The highest BCUT2D eigenvalue weighted by atomic mass is 32.1. The summed E-state index contributed by atoms with van der Waals surface area (Å²) in [5.74, 6) is 1.19. The zero-order chi connectivity index (χ0) is 13.7. The predicted molar refractivity (Wildman–Crippen MR) is 73.0 cm³/mol. The number of aliphatic hydroxyl groups excluding tert-OH is 1. The molecule has 2 aromatic heterocycles. The van der Waals surface area contributed by atoms with E-state index in [0.717, 1.165) is 10.6 Å². The number of nitrogens with one attached hydrogen (secondary N) is 2. The number of aliphatic hydroxyl groups is 1. The Hall–Kier alpha value is -1.79. The van der Waals surface area contributed by atoms with E-state index in [9.17, 15) is 9.90 Å². The van der Waals surface area contributed by atoms with E-state index >= 15 is 0 Å². The first-order valence-corrected chi connectivity index (χ1v) is 6.81. The second kappa shape index (κ2) is 6.40. The van der Waals surface area contributed by atoms with Crippen LogP contribution in [0.25, 0.3) is 0 Å². The minimum Gasteiger partial charge on any atom is -0.464 e. The molecule has 0 fully saturated rings. The van der Waals surface area contributed by atoms with Gasteiger partial charge in [0, 0.05) is 4.88 Å². The van der Waals surface area contributed by atoms with Crippen LogP contribution in [0, 0.1) is 6.92 Å². The van der Waals surface area contributed by atoms with Crippen molar-refractivity contribution in [3.63, 3.8) is 0 Å². The summed E-state index contributed by atoms with van der Waals surface area (Å²) in [6.45, 7) is 2.40. The molecule has 102 valence electrons. The molecule has 1 atom stereocenters. The number of urea groups is 1. The van der Waals surface area contributed by atoms with Crippen LogP contribution in [0.4, 0.5) is 4.79 Å². The Bertz CT molecular complexity index is 522. The summed E-state index contributed by atoms with van der Waals surface area (Å²) in [5.41, 5.74) is 0. The summed E-state index contributed by atoms with van der Waals surface area (Å²) in [6.07, 6.45) is -0.832. The third kappa shape index (κ3) is 4.11. The largest absolute Gasteiger partial charge is 0.464 e. The Kier molecular flexibility index (Phi) is 4.59. The lowest BCUT2D eigenvalue weighted by Crippen LogP contribution is -2.37. The summed E-state index contributed by atoms with van der Waals surface area (Å²) in [4.78, 5) is 12.6. The van der Waals surface area contributed by atoms with Gasteiger partial charge in [0.25, 0.3) is 0 Å². The fourth-order valence-electron chi connectivity index (χ4n) is 1.57. The van der Waals surface area contributed by atoms with Gasteiger partial charge in [0.2, 0.25) is 0 Å². The van der Waals surface area contributed by atoms with Crippen LogP contribution in [-0.4, -0.2) is 17.7 Å². The maximum Gasteiger partial charge on any atom is 0.315 e. The number of hydrogen-bond donors (Lipinski definition) is 3. The van der Waals surface area contributed by atoms with Gasteiger partial charge in [-0.2, -0.15) is 0 Å². The first-order chi connectivity index (χ1) is 9.15. The third-order valence-corrected chi connectivity index (χ3v) is 3.43. The Labute approximate surface area is 115 Å². The molecule has 2 amide bonds. The molecule has 0 saturated heterocycles. The van der Waals surface area contributed by atoms with Crippen LogP contribution < -0.4 is 10.6 Å². The van der Waals surface area contributed by atoms with Gasteiger partial charge < -0.3 is 20.2 Å². The van der Waals surface area contributed by atoms with Crippen molar-refractivity contribution in [1.82, 2.24) is 10.6 Å². The lowest BCUT2D eigenvalue weighted by molar-refractivity contribution is 0.146. The van der Waals surface area contributed by atoms with Crippen LogP contribution in [-0.2, 0) is 6.54 Å². The minimum absolute atomic E-state index is 0.114. The Morgan fingerprint density at radius 2 is 2.26 bits per heavy atom. The molecular formula is C13H16N2O3S. The van der Waals surface area contributed by atoms with Gasteiger partial charge in [0.15, 0.2) is 0 Å². The average molecular weight is 280 g/mol. The van der Waals surface area contributed by atoms with Gasteiger partial charge in [-0.3, -0.25) is 0 Å². The van der Waals surface area contributed by atoms with E-state index in [1.807, 2.05) is 17.5 Å². The average Bonchev–Trinajstić information content (AvgIpc) is 3.04. The summed E-state index contributed by atoms with van der Waals surface area (Å²) in [6, 6.07) is 7.05. The Morgan fingerprint density at radius 1 is 1.42 bits per heavy atom. The molecule has 2 aromatic rings. The molecule has 1 unspecified atom stereocenters. The van der Waals surface area contributed by atoms with E-state index < -0.39 is 6.10 Å².